The molecular formula is C30H33N3O. The van der Waals surface area contributed by atoms with Crippen LogP contribution in [-0.4, -0.2) is 35.0 Å². The van der Waals surface area contributed by atoms with Crippen molar-refractivity contribution in [2.45, 2.75) is 51.6 Å². The minimum Gasteiger partial charge on any atom is -0.341 e. The van der Waals surface area contributed by atoms with Crippen molar-refractivity contribution in [1.29, 1.82) is 0 Å². The Labute approximate surface area is 201 Å². The molecule has 2 fully saturated rings. The maximum Gasteiger partial charge on any atom is 0.227 e. The van der Waals surface area contributed by atoms with Gasteiger partial charge in [0.1, 0.15) is 0 Å². The summed E-state index contributed by atoms with van der Waals surface area (Å²) in [4.78, 5) is 16.7. The third-order valence-electron chi connectivity index (χ3n) is 7.87. The van der Waals surface area contributed by atoms with E-state index in [1.165, 1.54) is 45.8 Å². The van der Waals surface area contributed by atoms with Gasteiger partial charge in [-0.25, -0.2) is 0 Å². The van der Waals surface area contributed by atoms with Crippen LogP contribution in [0.3, 0.4) is 0 Å². The highest BCUT2D eigenvalue weighted by molar-refractivity contribution is 6.08. The molecule has 6 rings (SSSR count). The molecule has 0 N–H and O–H groups in total. The molecule has 4 nitrogen and oxygen atoms in total. The van der Waals surface area contributed by atoms with Crippen molar-refractivity contribution in [1.82, 2.24) is 9.47 Å². The monoisotopic (exact) mass is 451 g/mol. The van der Waals surface area contributed by atoms with E-state index in [1.54, 1.807) is 0 Å². The number of piperidine rings is 1. The van der Waals surface area contributed by atoms with Crippen LogP contribution >= 0.6 is 0 Å². The molecule has 0 unspecified atom stereocenters. The van der Waals surface area contributed by atoms with Crippen LogP contribution in [0, 0.1) is 0 Å². The fraction of sp³-hybridized carbons (Fsp3) is 0.367. The molecule has 4 aromatic rings. The maximum atomic E-state index is 12.2. The van der Waals surface area contributed by atoms with Gasteiger partial charge in [-0.05, 0) is 86.7 Å². The van der Waals surface area contributed by atoms with Crippen LogP contribution in [-0.2, 0) is 17.9 Å². The first-order valence-electron chi connectivity index (χ1n) is 12.8. The van der Waals surface area contributed by atoms with Crippen molar-refractivity contribution in [3.63, 3.8) is 0 Å². The summed E-state index contributed by atoms with van der Waals surface area (Å²) >= 11 is 0. The van der Waals surface area contributed by atoms with Crippen LogP contribution in [0.25, 0.3) is 21.8 Å². The third-order valence-corrected chi connectivity index (χ3v) is 7.87. The van der Waals surface area contributed by atoms with Gasteiger partial charge >= 0.3 is 0 Å². The van der Waals surface area contributed by atoms with E-state index in [2.05, 4.69) is 83.1 Å². The second-order valence-corrected chi connectivity index (χ2v) is 9.91. The first kappa shape index (κ1) is 21.4. The Balaban J connectivity index is 1.15. The zero-order valence-corrected chi connectivity index (χ0v) is 20.0. The number of amides is 1. The van der Waals surface area contributed by atoms with Crippen molar-refractivity contribution in [2.24, 2.45) is 0 Å². The number of hydrogen-bond acceptors (Lipinski definition) is 2. The molecule has 3 heterocycles. The van der Waals surface area contributed by atoms with Gasteiger partial charge in [-0.3, -0.25) is 9.69 Å². The van der Waals surface area contributed by atoms with Gasteiger partial charge < -0.3 is 9.47 Å². The topological polar surface area (TPSA) is 28.5 Å². The van der Waals surface area contributed by atoms with E-state index in [1.807, 2.05) is 4.90 Å². The van der Waals surface area contributed by atoms with Crippen LogP contribution in [0.5, 0.6) is 0 Å². The number of carbonyl (C=O) groups is 1. The molecule has 4 heteroatoms. The molecule has 0 atom stereocenters. The quantitative estimate of drug-likeness (QED) is 0.355. The van der Waals surface area contributed by atoms with Gasteiger partial charge in [0.05, 0.1) is 0 Å². The molecule has 2 aliphatic heterocycles. The predicted molar refractivity (Wildman–Crippen MR) is 140 cm³/mol. The Hall–Kier alpha value is -3.11. The highest BCUT2D eigenvalue weighted by atomic mass is 16.2. The fourth-order valence-electron chi connectivity index (χ4n) is 6.09. The Morgan fingerprint density at radius 3 is 2.47 bits per heavy atom. The first-order valence-corrected chi connectivity index (χ1v) is 12.8. The van der Waals surface area contributed by atoms with Gasteiger partial charge in [-0.1, -0.05) is 36.4 Å². The predicted octanol–water partition coefficient (Wildman–Crippen LogP) is 6.32. The Morgan fingerprint density at radius 1 is 0.853 bits per heavy atom. The molecule has 1 amide bonds. The molecule has 174 valence electrons. The second-order valence-electron chi connectivity index (χ2n) is 9.91. The van der Waals surface area contributed by atoms with Crippen LogP contribution in [0.4, 0.5) is 5.69 Å². The van der Waals surface area contributed by atoms with Gasteiger partial charge in [0.25, 0.3) is 0 Å². The van der Waals surface area contributed by atoms with Gasteiger partial charge in [0, 0.05) is 53.5 Å². The van der Waals surface area contributed by atoms with Gasteiger partial charge in [0.2, 0.25) is 5.91 Å². The number of fused-ring (bicyclic) bond motifs is 3. The summed E-state index contributed by atoms with van der Waals surface area (Å²) in [5.74, 6) is 0.852. The minimum atomic E-state index is 0.269. The summed E-state index contributed by atoms with van der Waals surface area (Å²) in [6.07, 6.45) is 4.02. The molecule has 0 bridgehead atoms. The summed E-state index contributed by atoms with van der Waals surface area (Å²) in [6, 6.07) is 24.5. The van der Waals surface area contributed by atoms with E-state index in [9.17, 15) is 4.79 Å². The number of aryl methyl sites for hydroxylation is 1. The van der Waals surface area contributed by atoms with Crippen molar-refractivity contribution in [3.05, 3.63) is 77.9 Å². The SMILES string of the molecule is CCn1c2ccccc2c2cc(CN3CCC(c4cccc(N5CCCC5=O)c4)CC3)ccc21. The zero-order chi connectivity index (χ0) is 23.1. The smallest absolute Gasteiger partial charge is 0.227 e. The summed E-state index contributed by atoms with van der Waals surface area (Å²) in [5.41, 5.74) is 6.55. The lowest BCUT2D eigenvalue weighted by Gasteiger charge is -2.32. The number of para-hydroxylation sites is 1. The summed E-state index contributed by atoms with van der Waals surface area (Å²) in [7, 11) is 0. The van der Waals surface area contributed by atoms with Crippen LogP contribution in [0.1, 0.15) is 49.7 Å². The highest BCUT2D eigenvalue weighted by Crippen LogP contribution is 2.33. The molecule has 0 spiro atoms. The van der Waals surface area contributed by atoms with Gasteiger partial charge in [-0.2, -0.15) is 0 Å². The van der Waals surface area contributed by atoms with Crippen molar-refractivity contribution < 1.29 is 4.79 Å². The third kappa shape index (κ3) is 3.80. The van der Waals surface area contributed by atoms with Gasteiger partial charge in [-0.15, -0.1) is 0 Å². The zero-order valence-electron chi connectivity index (χ0n) is 20.0. The highest BCUT2D eigenvalue weighted by Gasteiger charge is 2.24. The number of nitrogens with zero attached hydrogens (tertiary/aromatic N) is 3. The summed E-state index contributed by atoms with van der Waals surface area (Å²) in [6.45, 7) is 7.32. The number of anilines is 1. The van der Waals surface area contributed by atoms with Crippen LogP contribution < -0.4 is 4.90 Å². The van der Waals surface area contributed by atoms with E-state index in [0.29, 0.717) is 12.3 Å². The molecule has 0 saturated carbocycles. The Morgan fingerprint density at radius 2 is 1.68 bits per heavy atom. The first-order chi connectivity index (χ1) is 16.7. The lowest BCUT2D eigenvalue weighted by molar-refractivity contribution is -0.117. The largest absolute Gasteiger partial charge is 0.341 e. The van der Waals surface area contributed by atoms with Crippen LogP contribution in [0.2, 0.25) is 0 Å². The normalized spacial score (nSPS) is 17.9. The number of carbonyl (C=O) groups excluding carboxylic acids is 1. The van der Waals surface area contributed by atoms with Crippen molar-refractivity contribution in [2.75, 3.05) is 24.5 Å². The lowest BCUT2D eigenvalue weighted by Crippen LogP contribution is -2.32. The van der Waals surface area contributed by atoms with E-state index in [4.69, 9.17) is 0 Å². The fourth-order valence-corrected chi connectivity index (χ4v) is 6.09. The standard InChI is InChI=1S/C30H33N3O/c1-2-32-28-10-4-3-9-26(28)27-19-22(12-13-29(27)32)21-31-17-14-23(15-18-31)24-7-5-8-25(20-24)33-16-6-11-30(33)34/h3-5,7-10,12-13,19-20,23H,2,6,11,14-18,21H2,1H3. The molecular weight excluding hydrogens is 418 g/mol. The van der Waals surface area contributed by atoms with E-state index < -0.39 is 0 Å². The van der Waals surface area contributed by atoms with E-state index >= 15 is 0 Å². The van der Waals surface area contributed by atoms with Crippen molar-refractivity contribution in [3.8, 4) is 0 Å². The number of aromatic nitrogens is 1. The number of rotatable bonds is 5. The number of hydrogen-bond donors (Lipinski definition) is 0. The lowest BCUT2D eigenvalue weighted by atomic mass is 9.89. The van der Waals surface area contributed by atoms with Crippen LogP contribution in [0.15, 0.2) is 66.7 Å². The molecule has 2 aliphatic rings. The molecule has 1 aromatic heterocycles. The summed E-state index contributed by atoms with van der Waals surface area (Å²) in [5, 5.41) is 2.73. The molecule has 0 aliphatic carbocycles. The number of benzene rings is 3. The second kappa shape index (κ2) is 8.92. The molecule has 2 saturated heterocycles. The minimum absolute atomic E-state index is 0.269. The summed E-state index contributed by atoms with van der Waals surface area (Å²) < 4.78 is 2.42. The maximum absolute atomic E-state index is 12.2. The Kier molecular flexibility index (Phi) is 5.62. The Bertz CT molecular complexity index is 1350. The molecule has 34 heavy (non-hydrogen) atoms. The average molecular weight is 452 g/mol. The van der Waals surface area contributed by atoms with E-state index in [-0.39, 0.29) is 5.91 Å². The number of likely N-dealkylation sites (tertiary alicyclic amines) is 1. The van der Waals surface area contributed by atoms with E-state index in [0.717, 1.165) is 44.8 Å². The molecule has 0 radical (unpaired) electrons. The van der Waals surface area contributed by atoms with Crippen molar-refractivity contribution >= 4 is 33.4 Å². The molecule has 3 aromatic carbocycles. The van der Waals surface area contributed by atoms with Gasteiger partial charge in [0.15, 0.2) is 0 Å². The average Bonchev–Trinajstić information content (AvgIpc) is 3.45.